The van der Waals surface area contributed by atoms with Gasteiger partial charge in [-0.05, 0) is 25.7 Å². The van der Waals surface area contributed by atoms with E-state index in [9.17, 15) is 8.42 Å². The Morgan fingerprint density at radius 1 is 1.46 bits per heavy atom. The van der Waals surface area contributed by atoms with Crippen LogP contribution in [0.4, 0.5) is 0 Å². The van der Waals surface area contributed by atoms with Crippen molar-refractivity contribution in [2.45, 2.75) is 25.8 Å². The minimum absolute atomic E-state index is 0.0813. The molecule has 4 nitrogen and oxygen atoms in total. The van der Waals surface area contributed by atoms with E-state index in [4.69, 9.17) is 5.11 Å². The third kappa shape index (κ3) is 2.65. The van der Waals surface area contributed by atoms with Crippen molar-refractivity contribution in [2.75, 3.05) is 19.4 Å². The van der Waals surface area contributed by atoms with Crippen LogP contribution in [0.2, 0.25) is 0 Å². The van der Waals surface area contributed by atoms with E-state index in [2.05, 4.69) is 0 Å². The lowest BCUT2D eigenvalue weighted by Crippen LogP contribution is -2.45. The predicted molar refractivity (Wildman–Crippen MR) is 50.8 cm³/mol. The van der Waals surface area contributed by atoms with E-state index in [1.165, 1.54) is 10.6 Å². The van der Waals surface area contributed by atoms with Crippen molar-refractivity contribution >= 4 is 10.0 Å². The molecule has 0 aliphatic carbocycles. The second-order valence-electron chi connectivity index (χ2n) is 3.81. The standard InChI is InChI=1S/C8H17NO3S/c1-7-3-4-8(6-10)5-9(7)13(2,11)12/h7-8,10H,3-6H2,1-2H3. The molecule has 2 unspecified atom stereocenters. The molecule has 1 aliphatic heterocycles. The van der Waals surface area contributed by atoms with Crippen molar-refractivity contribution in [2.24, 2.45) is 5.92 Å². The fourth-order valence-corrected chi connectivity index (χ4v) is 3.00. The Morgan fingerprint density at radius 3 is 2.54 bits per heavy atom. The summed E-state index contributed by atoms with van der Waals surface area (Å²) in [6, 6.07) is 0.0813. The normalized spacial score (nSPS) is 31.9. The van der Waals surface area contributed by atoms with Crippen LogP contribution in [0.1, 0.15) is 19.8 Å². The molecule has 1 saturated heterocycles. The van der Waals surface area contributed by atoms with Gasteiger partial charge in [-0.15, -0.1) is 0 Å². The molecule has 2 atom stereocenters. The van der Waals surface area contributed by atoms with Crippen LogP contribution in [0.25, 0.3) is 0 Å². The van der Waals surface area contributed by atoms with Gasteiger partial charge in [-0.1, -0.05) is 0 Å². The number of aliphatic hydroxyl groups excluding tert-OH is 1. The molecule has 1 N–H and O–H groups in total. The smallest absolute Gasteiger partial charge is 0.211 e. The van der Waals surface area contributed by atoms with Gasteiger partial charge in [0, 0.05) is 19.2 Å². The number of piperidine rings is 1. The van der Waals surface area contributed by atoms with Crippen LogP contribution in [0.5, 0.6) is 0 Å². The quantitative estimate of drug-likeness (QED) is 0.695. The predicted octanol–water partition coefficient (Wildman–Crippen LogP) is 0.0388. The fourth-order valence-electron chi connectivity index (χ4n) is 1.76. The zero-order chi connectivity index (χ0) is 10.1. The summed E-state index contributed by atoms with van der Waals surface area (Å²) in [5.41, 5.74) is 0. The Hall–Kier alpha value is -0.130. The highest BCUT2D eigenvalue weighted by Gasteiger charge is 2.30. The first kappa shape index (κ1) is 10.9. The molecule has 0 spiro atoms. The number of sulfonamides is 1. The number of hydrogen-bond donors (Lipinski definition) is 1. The van der Waals surface area contributed by atoms with E-state index in [1.807, 2.05) is 6.92 Å². The van der Waals surface area contributed by atoms with Crippen LogP contribution < -0.4 is 0 Å². The van der Waals surface area contributed by atoms with Gasteiger partial charge in [-0.2, -0.15) is 4.31 Å². The van der Waals surface area contributed by atoms with Gasteiger partial charge >= 0.3 is 0 Å². The Kier molecular flexibility index (Phi) is 3.32. The highest BCUT2D eigenvalue weighted by molar-refractivity contribution is 7.88. The number of aliphatic hydroxyl groups is 1. The van der Waals surface area contributed by atoms with Crippen molar-refractivity contribution in [1.82, 2.24) is 4.31 Å². The molecule has 0 radical (unpaired) electrons. The topological polar surface area (TPSA) is 57.6 Å². The molecule has 1 heterocycles. The Morgan fingerprint density at radius 2 is 2.08 bits per heavy atom. The summed E-state index contributed by atoms with van der Waals surface area (Å²) in [7, 11) is -3.10. The molecule has 0 aromatic heterocycles. The van der Waals surface area contributed by atoms with Crippen LogP contribution in [-0.4, -0.2) is 43.3 Å². The Balaban J connectivity index is 2.71. The van der Waals surface area contributed by atoms with Gasteiger partial charge in [-0.25, -0.2) is 8.42 Å². The van der Waals surface area contributed by atoms with Gasteiger partial charge < -0.3 is 5.11 Å². The van der Waals surface area contributed by atoms with Crippen LogP contribution in [-0.2, 0) is 10.0 Å². The number of nitrogens with zero attached hydrogens (tertiary/aromatic N) is 1. The summed E-state index contributed by atoms with van der Waals surface area (Å²) >= 11 is 0. The lowest BCUT2D eigenvalue weighted by molar-refractivity contribution is 0.139. The van der Waals surface area contributed by atoms with E-state index >= 15 is 0 Å². The second kappa shape index (κ2) is 3.94. The van der Waals surface area contributed by atoms with Gasteiger partial charge in [0.05, 0.1) is 6.26 Å². The largest absolute Gasteiger partial charge is 0.396 e. The first-order valence-electron chi connectivity index (χ1n) is 4.53. The summed E-state index contributed by atoms with van der Waals surface area (Å²) in [6.45, 7) is 2.46. The zero-order valence-electron chi connectivity index (χ0n) is 8.10. The maximum atomic E-state index is 11.3. The summed E-state index contributed by atoms with van der Waals surface area (Å²) in [6.07, 6.45) is 2.99. The molecule has 0 bridgehead atoms. The lowest BCUT2D eigenvalue weighted by atomic mass is 9.96. The van der Waals surface area contributed by atoms with Crippen molar-refractivity contribution in [1.29, 1.82) is 0 Å². The maximum Gasteiger partial charge on any atom is 0.211 e. The summed E-state index contributed by atoms with van der Waals surface area (Å²) < 4.78 is 24.1. The SMILES string of the molecule is CC1CCC(CO)CN1S(C)(=O)=O. The number of rotatable bonds is 2. The highest BCUT2D eigenvalue weighted by atomic mass is 32.2. The fraction of sp³-hybridized carbons (Fsp3) is 1.00. The monoisotopic (exact) mass is 207 g/mol. The minimum Gasteiger partial charge on any atom is -0.396 e. The van der Waals surface area contributed by atoms with Gasteiger partial charge in [-0.3, -0.25) is 0 Å². The van der Waals surface area contributed by atoms with Crippen molar-refractivity contribution in [3.63, 3.8) is 0 Å². The highest BCUT2D eigenvalue weighted by Crippen LogP contribution is 2.23. The summed E-state index contributed by atoms with van der Waals surface area (Å²) in [5, 5.41) is 8.94. The summed E-state index contributed by atoms with van der Waals surface area (Å²) in [5.74, 6) is 0.117. The molecule has 5 heteroatoms. The van der Waals surface area contributed by atoms with E-state index < -0.39 is 10.0 Å². The molecule has 0 saturated carbocycles. The lowest BCUT2D eigenvalue weighted by Gasteiger charge is -2.35. The van der Waals surface area contributed by atoms with Crippen LogP contribution in [0.15, 0.2) is 0 Å². The van der Waals surface area contributed by atoms with Crippen LogP contribution in [0.3, 0.4) is 0 Å². The van der Waals surface area contributed by atoms with Crippen LogP contribution >= 0.6 is 0 Å². The van der Waals surface area contributed by atoms with E-state index in [1.54, 1.807) is 0 Å². The number of hydrogen-bond acceptors (Lipinski definition) is 3. The van der Waals surface area contributed by atoms with E-state index in [0.717, 1.165) is 12.8 Å². The summed E-state index contributed by atoms with van der Waals surface area (Å²) in [4.78, 5) is 0. The third-order valence-corrected chi connectivity index (χ3v) is 3.97. The van der Waals surface area contributed by atoms with Crippen LogP contribution in [0, 0.1) is 5.92 Å². The molecule has 78 valence electrons. The van der Waals surface area contributed by atoms with Gasteiger partial charge in [0.1, 0.15) is 0 Å². The van der Waals surface area contributed by atoms with E-state index in [-0.39, 0.29) is 18.6 Å². The van der Waals surface area contributed by atoms with E-state index in [0.29, 0.717) is 6.54 Å². The zero-order valence-corrected chi connectivity index (χ0v) is 8.92. The second-order valence-corrected chi connectivity index (χ2v) is 5.74. The molecule has 13 heavy (non-hydrogen) atoms. The average Bonchev–Trinajstić information content (AvgIpc) is 2.03. The van der Waals surface area contributed by atoms with Crippen molar-refractivity contribution in [3.8, 4) is 0 Å². The molecular formula is C8H17NO3S. The molecule has 1 fully saturated rings. The van der Waals surface area contributed by atoms with Gasteiger partial charge in [0.25, 0.3) is 0 Å². The first-order chi connectivity index (χ1) is 5.95. The van der Waals surface area contributed by atoms with Crippen molar-refractivity contribution < 1.29 is 13.5 Å². The molecule has 1 aliphatic rings. The Labute approximate surface area is 79.6 Å². The minimum atomic E-state index is -3.10. The first-order valence-corrected chi connectivity index (χ1v) is 6.37. The molecule has 0 amide bonds. The molecule has 1 rings (SSSR count). The van der Waals surface area contributed by atoms with Gasteiger partial charge in [0.15, 0.2) is 0 Å². The average molecular weight is 207 g/mol. The molecule has 0 aromatic rings. The van der Waals surface area contributed by atoms with Crippen molar-refractivity contribution in [3.05, 3.63) is 0 Å². The Bertz CT molecular complexity index is 263. The molecular weight excluding hydrogens is 190 g/mol. The van der Waals surface area contributed by atoms with Gasteiger partial charge in [0.2, 0.25) is 10.0 Å². The maximum absolute atomic E-state index is 11.3. The molecule has 0 aromatic carbocycles. The third-order valence-electron chi connectivity index (χ3n) is 2.61.